The molecule has 0 spiro atoms. The predicted octanol–water partition coefficient (Wildman–Crippen LogP) is 2.62. The number of fused-ring (bicyclic) bond motifs is 1. The van der Waals surface area contributed by atoms with Crippen LogP contribution >= 0.6 is 11.6 Å². The predicted molar refractivity (Wildman–Crippen MR) is 114 cm³/mol. The van der Waals surface area contributed by atoms with E-state index in [4.69, 9.17) is 11.6 Å². The summed E-state index contributed by atoms with van der Waals surface area (Å²) in [6, 6.07) is 14.6. The van der Waals surface area contributed by atoms with Crippen LogP contribution in [0.4, 0.5) is 5.69 Å². The lowest BCUT2D eigenvalue weighted by atomic mass is 10.1. The van der Waals surface area contributed by atoms with Crippen molar-refractivity contribution in [3.8, 4) is 0 Å². The Morgan fingerprint density at radius 2 is 1.69 bits per heavy atom. The van der Waals surface area contributed by atoms with Gasteiger partial charge in [0.2, 0.25) is 15.9 Å². The molecule has 1 fully saturated rings. The van der Waals surface area contributed by atoms with E-state index in [1.807, 2.05) is 12.1 Å². The number of hydrogen-bond donors (Lipinski definition) is 0. The van der Waals surface area contributed by atoms with Gasteiger partial charge in [0, 0.05) is 42.9 Å². The second-order valence-corrected chi connectivity index (χ2v) is 9.92. The standard InChI is InChI=1S/C21H24ClN3O3S/c1-16-14-17-4-2-3-5-20(17)25(16)15-21(26)23-10-12-24(13-11-23)29(27,28)19-8-6-18(22)7-9-19/h2-9,16H,10-15H2,1H3/t16-/m1/s1. The lowest BCUT2D eigenvalue weighted by Crippen LogP contribution is -2.53. The Kier molecular flexibility index (Phi) is 5.55. The Morgan fingerprint density at radius 1 is 1.03 bits per heavy atom. The number of carbonyl (C=O) groups excluding carboxylic acids is 1. The molecular formula is C21H24ClN3O3S. The smallest absolute Gasteiger partial charge is 0.243 e. The summed E-state index contributed by atoms with van der Waals surface area (Å²) >= 11 is 5.86. The summed E-state index contributed by atoms with van der Waals surface area (Å²) in [7, 11) is -3.57. The highest BCUT2D eigenvalue weighted by atomic mass is 35.5. The van der Waals surface area contributed by atoms with Crippen molar-refractivity contribution in [3.05, 3.63) is 59.1 Å². The van der Waals surface area contributed by atoms with Crippen LogP contribution in [0.2, 0.25) is 5.02 Å². The van der Waals surface area contributed by atoms with Gasteiger partial charge in [0.15, 0.2) is 0 Å². The van der Waals surface area contributed by atoms with Crippen LogP contribution in [0.5, 0.6) is 0 Å². The Labute approximate surface area is 176 Å². The van der Waals surface area contributed by atoms with Crippen LogP contribution in [-0.4, -0.2) is 62.3 Å². The summed E-state index contributed by atoms with van der Waals surface area (Å²) in [4.78, 5) is 17.0. The maximum absolute atomic E-state index is 12.9. The zero-order chi connectivity index (χ0) is 20.6. The summed E-state index contributed by atoms with van der Waals surface area (Å²) in [6.07, 6.45) is 0.941. The molecule has 1 amide bonds. The van der Waals surface area contributed by atoms with Crippen molar-refractivity contribution in [1.82, 2.24) is 9.21 Å². The second kappa shape index (κ2) is 7.97. The van der Waals surface area contributed by atoms with E-state index >= 15 is 0 Å². The summed E-state index contributed by atoms with van der Waals surface area (Å²) in [5.74, 6) is 0.0390. The van der Waals surface area contributed by atoms with Gasteiger partial charge in [0.25, 0.3) is 0 Å². The number of anilines is 1. The van der Waals surface area contributed by atoms with Gasteiger partial charge in [0.1, 0.15) is 0 Å². The van der Waals surface area contributed by atoms with Crippen LogP contribution in [0.15, 0.2) is 53.4 Å². The number of amides is 1. The maximum atomic E-state index is 12.9. The lowest BCUT2D eigenvalue weighted by molar-refractivity contribution is -0.130. The van der Waals surface area contributed by atoms with E-state index in [0.717, 1.165) is 12.1 Å². The number of carbonyl (C=O) groups is 1. The van der Waals surface area contributed by atoms with E-state index in [0.29, 0.717) is 37.7 Å². The van der Waals surface area contributed by atoms with E-state index in [-0.39, 0.29) is 16.8 Å². The number of para-hydroxylation sites is 1. The van der Waals surface area contributed by atoms with Gasteiger partial charge in [-0.25, -0.2) is 8.42 Å². The number of sulfonamides is 1. The zero-order valence-corrected chi connectivity index (χ0v) is 17.9. The third kappa shape index (κ3) is 3.99. The fourth-order valence-electron chi connectivity index (χ4n) is 4.05. The number of nitrogens with zero attached hydrogens (tertiary/aromatic N) is 3. The molecule has 154 valence electrons. The van der Waals surface area contributed by atoms with Crippen molar-refractivity contribution in [1.29, 1.82) is 0 Å². The number of rotatable bonds is 4. The van der Waals surface area contributed by atoms with Crippen molar-refractivity contribution >= 4 is 33.2 Å². The molecule has 0 saturated carbocycles. The van der Waals surface area contributed by atoms with E-state index in [2.05, 4.69) is 24.0 Å². The van der Waals surface area contributed by atoms with Crippen LogP contribution in [0.25, 0.3) is 0 Å². The molecule has 0 radical (unpaired) electrons. The first-order valence-electron chi connectivity index (χ1n) is 9.74. The maximum Gasteiger partial charge on any atom is 0.243 e. The molecule has 2 heterocycles. The molecule has 0 aliphatic carbocycles. The topological polar surface area (TPSA) is 60.9 Å². The summed E-state index contributed by atoms with van der Waals surface area (Å²) in [5.41, 5.74) is 2.39. The van der Waals surface area contributed by atoms with Gasteiger partial charge in [0.05, 0.1) is 11.4 Å². The molecule has 2 aliphatic heterocycles. The van der Waals surface area contributed by atoms with Crippen molar-refractivity contribution < 1.29 is 13.2 Å². The average molecular weight is 434 g/mol. The van der Waals surface area contributed by atoms with Gasteiger partial charge in [-0.05, 0) is 49.2 Å². The average Bonchev–Trinajstić information content (AvgIpc) is 3.03. The van der Waals surface area contributed by atoms with E-state index in [1.165, 1.54) is 22.0 Å². The molecule has 6 nitrogen and oxygen atoms in total. The number of halogens is 1. The number of hydrogen-bond acceptors (Lipinski definition) is 4. The minimum Gasteiger partial charge on any atom is -0.359 e. The highest BCUT2D eigenvalue weighted by Gasteiger charge is 2.32. The number of benzene rings is 2. The highest BCUT2D eigenvalue weighted by Crippen LogP contribution is 2.31. The molecule has 0 aromatic heterocycles. The molecule has 2 aliphatic rings. The zero-order valence-electron chi connectivity index (χ0n) is 16.3. The molecule has 4 rings (SSSR count). The molecule has 2 aromatic rings. The van der Waals surface area contributed by atoms with E-state index in [1.54, 1.807) is 17.0 Å². The third-order valence-electron chi connectivity index (χ3n) is 5.70. The minimum atomic E-state index is -3.57. The van der Waals surface area contributed by atoms with E-state index in [9.17, 15) is 13.2 Å². The van der Waals surface area contributed by atoms with E-state index < -0.39 is 10.0 Å². The molecule has 1 saturated heterocycles. The fourth-order valence-corrected chi connectivity index (χ4v) is 5.60. The van der Waals surface area contributed by atoms with Crippen molar-refractivity contribution in [2.45, 2.75) is 24.3 Å². The molecule has 0 unspecified atom stereocenters. The lowest BCUT2D eigenvalue weighted by Gasteiger charge is -2.35. The largest absolute Gasteiger partial charge is 0.359 e. The van der Waals surface area contributed by atoms with Crippen LogP contribution in [0, 0.1) is 0 Å². The third-order valence-corrected chi connectivity index (χ3v) is 7.86. The molecule has 0 bridgehead atoms. The van der Waals surface area contributed by atoms with Gasteiger partial charge >= 0.3 is 0 Å². The quantitative estimate of drug-likeness (QED) is 0.743. The Hall–Kier alpha value is -2.09. The molecule has 2 aromatic carbocycles. The van der Waals surface area contributed by atoms with Gasteiger partial charge in [-0.15, -0.1) is 0 Å². The fraction of sp³-hybridized carbons (Fsp3) is 0.381. The second-order valence-electron chi connectivity index (χ2n) is 7.55. The Balaban J connectivity index is 1.38. The molecular weight excluding hydrogens is 410 g/mol. The normalized spacial score (nSPS) is 20.0. The first kappa shape index (κ1) is 20.2. The SMILES string of the molecule is C[C@@H]1Cc2ccccc2N1CC(=O)N1CCN(S(=O)(=O)c2ccc(Cl)cc2)CC1. The van der Waals surface area contributed by atoms with Gasteiger partial charge in [-0.2, -0.15) is 4.31 Å². The Morgan fingerprint density at radius 3 is 2.38 bits per heavy atom. The van der Waals surface area contributed by atoms with Crippen LogP contribution in [0.3, 0.4) is 0 Å². The molecule has 1 atom stereocenters. The van der Waals surface area contributed by atoms with Crippen LogP contribution in [-0.2, 0) is 21.2 Å². The van der Waals surface area contributed by atoms with Crippen LogP contribution < -0.4 is 4.90 Å². The molecule has 0 N–H and O–H groups in total. The summed E-state index contributed by atoms with van der Waals surface area (Å²) < 4.78 is 27.0. The van der Waals surface area contributed by atoms with Crippen molar-refractivity contribution in [2.24, 2.45) is 0 Å². The first-order chi connectivity index (χ1) is 13.9. The Bertz CT molecular complexity index is 1000. The number of piperazine rings is 1. The molecule has 29 heavy (non-hydrogen) atoms. The van der Waals surface area contributed by atoms with Gasteiger partial charge in [-0.3, -0.25) is 4.79 Å². The van der Waals surface area contributed by atoms with Gasteiger partial charge in [-0.1, -0.05) is 29.8 Å². The van der Waals surface area contributed by atoms with Crippen molar-refractivity contribution in [2.75, 3.05) is 37.6 Å². The van der Waals surface area contributed by atoms with Gasteiger partial charge < -0.3 is 9.80 Å². The first-order valence-corrected chi connectivity index (χ1v) is 11.6. The minimum absolute atomic E-state index is 0.0390. The summed E-state index contributed by atoms with van der Waals surface area (Å²) in [5, 5.41) is 0.497. The summed E-state index contributed by atoms with van der Waals surface area (Å²) in [6.45, 7) is 3.84. The highest BCUT2D eigenvalue weighted by molar-refractivity contribution is 7.89. The monoisotopic (exact) mass is 433 g/mol. The molecule has 8 heteroatoms. The van der Waals surface area contributed by atoms with Crippen molar-refractivity contribution in [3.63, 3.8) is 0 Å². The van der Waals surface area contributed by atoms with Crippen LogP contribution in [0.1, 0.15) is 12.5 Å².